The van der Waals surface area contributed by atoms with Crippen LogP contribution in [-0.4, -0.2) is 9.97 Å². The second-order valence-electron chi connectivity index (χ2n) is 1.66. The zero-order chi connectivity index (χ0) is 6.27. The third-order valence-corrected chi connectivity index (χ3v) is 2.21. The Morgan fingerprint density at radius 1 is 1.67 bits per heavy atom. The van der Waals surface area contributed by atoms with E-state index in [9.17, 15) is 0 Å². The molecule has 0 aliphatic heterocycles. The van der Waals surface area contributed by atoms with Gasteiger partial charge in [-0.15, -0.1) is 11.3 Å². The fraction of sp³-hybridized carbons (Fsp3) is 0. The van der Waals surface area contributed by atoms with E-state index in [2.05, 4.69) is 9.97 Å². The van der Waals surface area contributed by atoms with Gasteiger partial charge in [0.2, 0.25) is 0 Å². The minimum atomic E-state index is 0.594. The highest BCUT2D eigenvalue weighted by molar-refractivity contribution is 7.22. The molecule has 0 unspecified atom stereocenters. The van der Waals surface area contributed by atoms with Gasteiger partial charge in [-0.05, 0) is 6.07 Å². The Kier molecular flexibility index (Phi) is 1.00. The van der Waals surface area contributed by atoms with E-state index in [0.717, 1.165) is 10.3 Å². The number of thiazole rings is 1. The van der Waals surface area contributed by atoms with E-state index in [0.29, 0.717) is 4.47 Å². The predicted octanol–water partition coefficient (Wildman–Crippen LogP) is 2.28. The van der Waals surface area contributed by atoms with Crippen LogP contribution in [0.25, 0.3) is 10.3 Å². The van der Waals surface area contributed by atoms with Crippen LogP contribution in [0.3, 0.4) is 0 Å². The van der Waals surface area contributed by atoms with Gasteiger partial charge in [0.15, 0.2) is 4.47 Å². The Morgan fingerprint density at radius 2 is 2.56 bits per heavy atom. The number of nitrogens with one attached hydrogen (secondary N) is 1. The first kappa shape index (κ1) is 5.26. The van der Waals surface area contributed by atoms with Crippen LogP contribution < -0.4 is 0 Å². The summed E-state index contributed by atoms with van der Waals surface area (Å²) >= 11 is 7.09. The van der Waals surface area contributed by atoms with Crippen molar-refractivity contribution in [3.05, 3.63) is 16.7 Å². The molecule has 0 saturated carbocycles. The standard InChI is InChI=1S/C5H3ClN2S/c6-5-8-4-3(9-5)1-2-7-4/h1-2,7H. The fourth-order valence-corrected chi connectivity index (χ4v) is 1.71. The van der Waals surface area contributed by atoms with Crippen molar-refractivity contribution >= 4 is 33.3 Å². The highest BCUT2D eigenvalue weighted by Gasteiger charge is 1.99. The monoisotopic (exact) mass is 158 g/mol. The van der Waals surface area contributed by atoms with E-state index < -0.39 is 0 Å². The molecule has 0 radical (unpaired) electrons. The van der Waals surface area contributed by atoms with E-state index >= 15 is 0 Å². The fourth-order valence-electron chi connectivity index (χ4n) is 0.718. The van der Waals surface area contributed by atoms with Gasteiger partial charge < -0.3 is 4.98 Å². The summed E-state index contributed by atoms with van der Waals surface area (Å²) in [5, 5.41) is 0. The first-order chi connectivity index (χ1) is 4.36. The van der Waals surface area contributed by atoms with Crippen molar-refractivity contribution < 1.29 is 0 Å². The van der Waals surface area contributed by atoms with Crippen LogP contribution in [0.1, 0.15) is 0 Å². The molecular formula is C5H3ClN2S. The van der Waals surface area contributed by atoms with Gasteiger partial charge in [-0.25, -0.2) is 4.98 Å². The molecule has 4 heteroatoms. The highest BCUT2D eigenvalue weighted by atomic mass is 35.5. The molecule has 2 aromatic heterocycles. The number of H-pyrrole nitrogens is 1. The number of rotatable bonds is 0. The van der Waals surface area contributed by atoms with Gasteiger partial charge in [-0.2, -0.15) is 0 Å². The zero-order valence-electron chi connectivity index (χ0n) is 4.39. The number of hydrogen-bond donors (Lipinski definition) is 1. The molecule has 0 aliphatic carbocycles. The number of nitrogens with zero attached hydrogens (tertiary/aromatic N) is 1. The molecule has 46 valence electrons. The number of aromatic nitrogens is 2. The highest BCUT2D eigenvalue weighted by Crippen LogP contribution is 2.23. The first-order valence-corrected chi connectivity index (χ1v) is 3.65. The smallest absolute Gasteiger partial charge is 0.186 e. The molecule has 0 aromatic carbocycles. The summed E-state index contributed by atoms with van der Waals surface area (Å²) in [6.45, 7) is 0. The van der Waals surface area contributed by atoms with E-state index in [1.54, 1.807) is 0 Å². The van der Waals surface area contributed by atoms with Gasteiger partial charge in [0, 0.05) is 6.20 Å². The average molecular weight is 159 g/mol. The predicted molar refractivity (Wildman–Crippen MR) is 39.0 cm³/mol. The van der Waals surface area contributed by atoms with Crippen LogP contribution in [0, 0.1) is 0 Å². The van der Waals surface area contributed by atoms with Crippen LogP contribution >= 0.6 is 22.9 Å². The maximum Gasteiger partial charge on any atom is 0.186 e. The van der Waals surface area contributed by atoms with Crippen molar-refractivity contribution in [1.82, 2.24) is 9.97 Å². The lowest BCUT2D eigenvalue weighted by Gasteiger charge is -1.68. The normalized spacial score (nSPS) is 10.8. The molecule has 2 nitrogen and oxygen atoms in total. The van der Waals surface area contributed by atoms with E-state index in [-0.39, 0.29) is 0 Å². The molecule has 1 N–H and O–H groups in total. The van der Waals surface area contributed by atoms with E-state index in [1.165, 1.54) is 11.3 Å². The molecule has 2 rings (SSSR count). The third-order valence-electron chi connectivity index (χ3n) is 1.08. The minimum Gasteiger partial charge on any atom is -0.345 e. The number of fused-ring (bicyclic) bond motifs is 1. The van der Waals surface area contributed by atoms with Crippen LogP contribution in [0.2, 0.25) is 4.47 Å². The lowest BCUT2D eigenvalue weighted by Crippen LogP contribution is -1.61. The van der Waals surface area contributed by atoms with Crippen LogP contribution in [0.15, 0.2) is 12.3 Å². The van der Waals surface area contributed by atoms with Gasteiger partial charge in [-0.1, -0.05) is 11.6 Å². The van der Waals surface area contributed by atoms with Crippen molar-refractivity contribution in [3.8, 4) is 0 Å². The number of aromatic amines is 1. The van der Waals surface area contributed by atoms with Crippen molar-refractivity contribution in [2.75, 3.05) is 0 Å². The maximum absolute atomic E-state index is 5.61. The van der Waals surface area contributed by atoms with Crippen molar-refractivity contribution in [3.63, 3.8) is 0 Å². The third kappa shape index (κ3) is 0.730. The SMILES string of the molecule is Clc1nc2[nH]ccc2s1. The summed E-state index contributed by atoms with van der Waals surface area (Å²) < 4.78 is 1.71. The molecule has 0 amide bonds. The number of hydrogen-bond acceptors (Lipinski definition) is 2. The van der Waals surface area contributed by atoms with Crippen molar-refractivity contribution in [1.29, 1.82) is 0 Å². The minimum absolute atomic E-state index is 0.594. The van der Waals surface area contributed by atoms with Gasteiger partial charge in [0.05, 0.1) is 4.70 Å². The lowest BCUT2D eigenvalue weighted by molar-refractivity contribution is 1.36. The largest absolute Gasteiger partial charge is 0.345 e. The summed E-state index contributed by atoms with van der Waals surface area (Å²) in [5.74, 6) is 0. The molecule has 2 aromatic rings. The maximum atomic E-state index is 5.61. The molecule has 0 fully saturated rings. The Bertz CT molecular complexity index is 296. The topological polar surface area (TPSA) is 28.7 Å². The first-order valence-electron chi connectivity index (χ1n) is 2.46. The van der Waals surface area contributed by atoms with Gasteiger partial charge >= 0.3 is 0 Å². The number of halogens is 1. The quantitative estimate of drug-likeness (QED) is 0.626. The van der Waals surface area contributed by atoms with Gasteiger partial charge in [0.1, 0.15) is 5.65 Å². The van der Waals surface area contributed by atoms with Gasteiger partial charge in [-0.3, -0.25) is 0 Å². The van der Waals surface area contributed by atoms with E-state index in [4.69, 9.17) is 11.6 Å². The summed E-state index contributed by atoms with van der Waals surface area (Å²) in [7, 11) is 0. The van der Waals surface area contributed by atoms with E-state index in [1.807, 2.05) is 12.3 Å². The Hall–Kier alpha value is -0.540. The molecule has 0 bridgehead atoms. The average Bonchev–Trinajstić information content (AvgIpc) is 2.22. The molecule has 0 spiro atoms. The second-order valence-corrected chi connectivity index (χ2v) is 3.27. The van der Waals surface area contributed by atoms with Crippen molar-refractivity contribution in [2.45, 2.75) is 0 Å². The molecule has 0 saturated heterocycles. The summed E-state index contributed by atoms with van der Waals surface area (Å²) in [4.78, 5) is 6.96. The molecule has 9 heavy (non-hydrogen) atoms. The summed E-state index contributed by atoms with van der Waals surface area (Å²) in [5.41, 5.74) is 0.880. The molecule has 0 atom stereocenters. The van der Waals surface area contributed by atoms with Gasteiger partial charge in [0.25, 0.3) is 0 Å². The summed E-state index contributed by atoms with van der Waals surface area (Å²) in [6.07, 6.45) is 1.85. The Balaban J connectivity index is 2.92. The molecule has 2 heterocycles. The van der Waals surface area contributed by atoms with Crippen molar-refractivity contribution in [2.24, 2.45) is 0 Å². The Morgan fingerprint density at radius 3 is 3.33 bits per heavy atom. The van der Waals surface area contributed by atoms with Crippen LogP contribution in [-0.2, 0) is 0 Å². The molecular weight excluding hydrogens is 156 g/mol. The summed E-state index contributed by atoms with van der Waals surface area (Å²) in [6, 6.07) is 1.96. The lowest BCUT2D eigenvalue weighted by atomic mass is 10.6. The molecule has 0 aliphatic rings. The second kappa shape index (κ2) is 1.72. The van der Waals surface area contributed by atoms with Crippen LogP contribution in [0.5, 0.6) is 0 Å². The van der Waals surface area contributed by atoms with Crippen LogP contribution in [0.4, 0.5) is 0 Å². The zero-order valence-corrected chi connectivity index (χ0v) is 5.96. The Labute approximate surface area is 60.5 Å².